The van der Waals surface area contributed by atoms with E-state index in [0.717, 1.165) is 101 Å². The van der Waals surface area contributed by atoms with E-state index in [2.05, 4.69) is 92.8 Å². The number of aryl methyl sites for hydroxylation is 2. The molecule has 1 saturated carbocycles. The first-order valence-corrected chi connectivity index (χ1v) is 24.3. The molecule has 0 spiro atoms. The van der Waals surface area contributed by atoms with E-state index in [0.29, 0.717) is 31.7 Å². The zero-order valence-electron chi connectivity index (χ0n) is 37.2. The largest absolute Gasteiger partial charge is 0.338 e. The van der Waals surface area contributed by atoms with Gasteiger partial charge in [-0.15, -0.1) is 0 Å². The highest BCUT2D eigenvalue weighted by molar-refractivity contribution is 7.90. The normalized spacial score (nSPS) is 20.9. The van der Waals surface area contributed by atoms with Crippen LogP contribution < -0.4 is 10.6 Å². The molecule has 11 nitrogen and oxygen atoms in total. The predicted octanol–water partition coefficient (Wildman–Crippen LogP) is 6.74. The van der Waals surface area contributed by atoms with Gasteiger partial charge in [-0.25, -0.2) is 27.1 Å². The molecular weight excluding hydrogens is 800 g/mol. The third kappa shape index (κ3) is 11.5. The number of benzene rings is 3. The molecule has 4 aromatic rings. The Kier molecular flexibility index (Phi) is 15.6. The van der Waals surface area contributed by atoms with Gasteiger partial charge < -0.3 is 15.5 Å². The molecule has 62 heavy (non-hydrogen) atoms. The van der Waals surface area contributed by atoms with Crippen LogP contribution in [0, 0.1) is 25.6 Å². The summed E-state index contributed by atoms with van der Waals surface area (Å²) in [7, 11) is -3.18. The molecule has 4 fully saturated rings. The predicted molar refractivity (Wildman–Crippen MR) is 244 cm³/mol. The number of rotatable bonds is 14. The molecule has 1 aromatic heterocycles. The molecule has 4 aliphatic rings. The fourth-order valence-corrected chi connectivity index (χ4v) is 11.6. The molecule has 2 atom stereocenters. The van der Waals surface area contributed by atoms with Crippen LogP contribution in [0.3, 0.4) is 0 Å². The fraction of sp³-hybridized carbons (Fsp3) is 0.531. The zero-order valence-corrected chi connectivity index (χ0v) is 38.0. The summed E-state index contributed by atoms with van der Waals surface area (Å²) in [6.07, 6.45) is 6.45. The molecular formula is C49H67FN8O3S. The SMILES string of the molecule is Cc1ncnc(C)c1C(=O)N1CCC(C)(N2CCN([C@H](c3cccc(F)c3)C3CCN(S(=O)(=O)C4CC4)CC3)[C@H](C)C2)CC1.c1ccc(CNCCNCc2ccccc2)cc1. The Hall–Kier alpha value is -4.11. The molecule has 1 amide bonds. The second-order valence-electron chi connectivity index (χ2n) is 18.0. The molecule has 2 N–H and O–H groups in total. The lowest BCUT2D eigenvalue weighted by Crippen LogP contribution is -2.63. The minimum Gasteiger partial charge on any atom is -0.338 e. The number of hydrogen-bond donors (Lipinski definition) is 2. The number of piperidine rings is 2. The molecule has 0 unspecified atom stereocenters. The van der Waals surface area contributed by atoms with Gasteiger partial charge >= 0.3 is 0 Å². The summed E-state index contributed by atoms with van der Waals surface area (Å²) in [4.78, 5) is 29.0. The molecule has 3 saturated heterocycles. The summed E-state index contributed by atoms with van der Waals surface area (Å²) in [5.74, 6) is 0.0544. The maximum atomic E-state index is 14.5. The van der Waals surface area contributed by atoms with Crippen LogP contribution in [-0.4, -0.2) is 119 Å². The Morgan fingerprint density at radius 3 is 1.90 bits per heavy atom. The van der Waals surface area contributed by atoms with Crippen LogP contribution in [0.2, 0.25) is 0 Å². The second-order valence-corrected chi connectivity index (χ2v) is 20.3. The number of carbonyl (C=O) groups excluding carboxylic acids is 1. The van der Waals surface area contributed by atoms with Crippen LogP contribution >= 0.6 is 0 Å². The first kappa shape index (κ1) is 45.9. The zero-order chi connectivity index (χ0) is 43.7. The lowest BCUT2D eigenvalue weighted by molar-refractivity contribution is -0.0422. The van der Waals surface area contributed by atoms with Gasteiger partial charge in [0, 0.05) is 89.6 Å². The van der Waals surface area contributed by atoms with Gasteiger partial charge in [0.25, 0.3) is 5.91 Å². The van der Waals surface area contributed by atoms with Crippen LogP contribution in [-0.2, 0) is 23.1 Å². The van der Waals surface area contributed by atoms with Crippen LogP contribution in [0.1, 0.15) is 96.9 Å². The van der Waals surface area contributed by atoms with E-state index in [1.54, 1.807) is 16.4 Å². The number of nitrogens with zero attached hydrogens (tertiary/aromatic N) is 6. The number of sulfonamides is 1. The topological polar surface area (TPSA) is 114 Å². The molecule has 3 aliphatic heterocycles. The Balaban J connectivity index is 0.000000268. The Morgan fingerprint density at radius 2 is 1.37 bits per heavy atom. The minimum atomic E-state index is -3.18. The van der Waals surface area contributed by atoms with E-state index in [1.807, 2.05) is 36.9 Å². The van der Waals surface area contributed by atoms with Crippen LogP contribution in [0.15, 0.2) is 91.3 Å². The van der Waals surface area contributed by atoms with E-state index in [1.165, 1.54) is 23.5 Å². The van der Waals surface area contributed by atoms with Crippen molar-refractivity contribution >= 4 is 15.9 Å². The number of piperazine rings is 1. The molecule has 3 aromatic carbocycles. The van der Waals surface area contributed by atoms with Gasteiger partial charge in [0.15, 0.2) is 0 Å². The first-order valence-electron chi connectivity index (χ1n) is 22.7. The van der Waals surface area contributed by atoms with Crippen molar-refractivity contribution in [3.63, 3.8) is 0 Å². The highest BCUT2D eigenvalue weighted by atomic mass is 32.2. The highest BCUT2D eigenvalue weighted by Gasteiger charge is 2.45. The molecule has 13 heteroatoms. The average molecular weight is 867 g/mol. The van der Waals surface area contributed by atoms with E-state index in [-0.39, 0.29) is 40.5 Å². The van der Waals surface area contributed by atoms with Gasteiger partial charge in [-0.3, -0.25) is 14.6 Å². The number of carbonyl (C=O) groups is 1. The Bertz CT molecular complexity index is 2100. The lowest BCUT2D eigenvalue weighted by Gasteiger charge is -2.54. The molecule has 0 bridgehead atoms. The maximum absolute atomic E-state index is 14.5. The molecule has 4 heterocycles. The maximum Gasteiger partial charge on any atom is 0.257 e. The van der Waals surface area contributed by atoms with Gasteiger partial charge in [0.2, 0.25) is 10.0 Å². The number of nitrogens with one attached hydrogen (secondary N) is 2. The Labute approximate surface area is 369 Å². The average Bonchev–Trinajstić information content (AvgIpc) is 4.14. The number of amides is 1. The molecule has 334 valence electrons. The molecule has 1 aliphatic carbocycles. The van der Waals surface area contributed by atoms with Crippen LogP contribution in [0.4, 0.5) is 4.39 Å². The second kappa shape index (κ2) is 21.0. The quantitative estimate of drug-likeness (QED) is 0.133. The van der Waals surface area contributed by atoms with Gasteiger partial charge in [-0.1, -0.05) is 72.8 Å². The van der Waals surface area contributed by atoms with Gasteiger partial charge in [-0.05, 0) is 101 Å². The first-order chi connectivity index (χ1) is 29.9. The van der Waals surface area contributed by atoms with Crippen molar-refractivity contribution in [1.82, 2.24) is 39.6 Å². The molecule has 8 rings (SSSR count). The van der Waals surface area contributed by atoms with E-state index < -0.39 is 10.0 Å². The van der Waals surface area contributed by atoms with Crippen molar-refractivity contribution in [2.45, 2.75) is 102 Å². The number of halogens is 1. The summed E-state index contributed by atoms with van der Waals surface area (Å²) in [6, 6.07) is 28.3. The highest BCUT2D eigenvalue weighted by Crippen LogP contribution is 2.41. The third-order valence-electron chi connectivity index (χ3n) is 13.6. The number of hydrogen-bond acceptors (Lipinski definition) is 9. The summed E-state index contributed by atoms with van der Waals surface area (Å²) in [6.45, 7) is 17.4. The third-order valence-corrected chi connectivity index (χ3v) is 16.0. The number of aromatic nitrogens is 2. The van der Waals surface area contributed by atoms with Crippen molar-refractivity contribution in [2.75, 3.05) is 58.9 Å². The van der Waals surface area contributed by atoms with Gasteiger partial charge in [-0.2, -0.15) is 0 Å². The minimum absolute atomic E-state index is 0.00866. The standard InChI is InChI=1S/C33H47FN6O3S.C16H20N2/c1-23-21-38(33(4)12-16-37(17-13-33)32(41)30-24(2)35-22-36-25(30)3)18-19-40(23)31(27-6-5-7-28(34)20-27)26-10-14-39(15-11-26)44(42,43)29-8-9-29;1-3-7-15(8-4-1)13-17-11-12-18-14-16-9-5-2-6-10-16/h5-7,20,22-23,26,29,31H,8-19,21H2,1-4H3;1-10,17-18H,11-14H2/t23-,31+;/m1./s1. The lowest BCUT2D eigenvalue weighted by atomic mass is 9.82. The molecule has 0 radical (unpaired) electrons. The van der Waals surface area contributed by atoms with Crippen molar-refractivity contribution in [1.29, 1.82) is 0 Å². The van der Waals surface area contributed by atoms with Crippen molar-refractivity contribution in [3.05, 3.63) is 131 Å². The van der Waals surface area contributed by atoms with Crippen molar-refractivity contribution in [2.24, 2.45) is 5.92 Å². The van der Waals surface area contributed by atoms with Crippen molar-refractivity contribution < 1.29 is 17.6 Å². The summed E-state index contributed by atoms with van der Waals surface area (Å²) in [5.41, 5.74) is 5.72. The van der Waals surface area contributed by atoms with Gasteiger partial charge in [0.05, 0.1) is 22.2 Å². The summed E-state index contributed by atoms with van der Waals surface area (Å²) < 4.78 is 42.0. The summed E-state index contributed by atoms with van der Waals surface area (Å²) >= 11 is 0. The Morgan fingerprint density at radius 1 is 0.790 bits per heavy atom. The van der Waals surface area contributed by atoms with Gasteiger partial charge in [0.1, 0.15) is 12.1 Å². The van der Waals surface area contributed by atoms with Crippen LogP contribution in [0.25, 0.3) is 0 Å². The van der Waals surface area contributed by atoms with E-state index in [9.17, 15) is 17.6 Å². The number of likely N-dealkylation sites (tertiary alicyclic amines) is 1. The van der Waals surface area contributed by atoms with Crippen molar-refractivity contribution in [3.8, 4) is 0 Å². The smallest absolute Gasteiger partial charge is 0.257 e. The fourth-order valence-electron chi connectivity index (χ4n) is 9.73. The van der Waals surface area contributed by atoms with E-state index in [4.69, 9.17) is 0 Å². The van der Waals surface area contributed by atoms with E-state index >= 15 is 0 Å². The monoisotopic (exact) mass is 867 g/mol. The van der Waals surface area contributed by atoms with Crippen LogP contribution in [0.5, 0.6) is 0 Å². The summed E-state index contributed by atoms with van der Waals surface area (Å²) in [5, 5.41) is 6.67.